The quantitative estimate of drug-likeness (QED) is 0.861. The van der Waals surface area contributed by atoms with Crippen molar-refractivity contribution in [3.63, 3.8) is 0 Å². The summed E-state index contributed by atoms with van der Waals surface area (Å²) in [5.41, 5.74) is 5.61. The Morgan fingerprint density at radius 1 is 1.50 bits per heavy atom. The summed E-state index contributed by atoms with van der Waals surface area (Å²) in [6.07, 6.45) is 4.89. The van der Waals surface area contributed by atoms with Crippen LogP contribution < -0.4 is 5.73 Å². The molecule has 0 aliphatic heterocycles. The van der Waals surface area contributed by atoms with Crippen LogP contribution in [0.1, 0.15) is 19.8 Å². The molecule has 0 saturated carbocycles. The molecule has 0 aliphatic rings. The van der Waals surface area contributed by atoms with Crippen LogP contribution >= 0.6 is 24.8 Å². The van der Waals surface area contributed by atoms with E-state index in [1.807, 2.05) is 30.9 Å². The second-order valence-corrected chi connectivity index (χ2v) is 4.10. The number of carbonyl (C=O) groups is 1. The molecule has 0 saturated heterocycles. The van der Waals surface area contributed by atoms with E-state index in [9.17, 15) is 4.79 Å². The summed E-state index contributed by atoms with van der Waals surface area (Å²) in [4.78, 5) is 13.4. The standard InChI is InChI=1S/C11H20N4O.2ClH/c1-10(12)4-5-11(16)14(2)8-9-15-7-3-6-13-15;;/h3,6-7,10H,4-5,8-9,12H2,1-2H3;2*1H. The number of nitrogens with two attached hydrogens (primary N) is 1. The first-order valence-electron chi connectivity index (χ1n) is 5.56. The van der Waals surface area contributed by atoms with Gasteiger partial charge in [-0.25, -0.2) is 0 Å². The van der Waals surface area contributed by atoms with Crippen LogP contribution in [0.3, 0.4) is 0 Å². The number of likely N-dealkylation sites (N-methyl/N-ethyl adjacent to an activating group) is 1. The van der Waals surface area contributed by atoms with Gasteiger partial charge in [-0.15, -0.1) is 24.8 Å². The van der Waals surface area contributed by atoms with Gasteiger partial charge in [0.05, 0.1) is 6.54 Å². The van der Waals surface area contributed by atoms with Crippen LogP contribution in [0.15, 0.2) is 18.5 Å². The van der Waals surface area contributed by atoms with E-state index in [0.29, 0.717) is 13.0 Å². The molecule has 106 valence electrons. The Bertz CT molecular complexity index is 317. The van der Waals surface area contributed by atoms with E-state index < -0.39 is 0 Å². The zero-order chi connectivity index (χ0) is 12.0. The molecule has 0 aliphatic carbocycles. The minimum atomic E-state index is 0. The smallest absolute Gasteiger partial charge is 0.222 e. The molecule has 0 aromatic carbocycles. The van der Waals surface area contributed by atoms with E-state index in [1.165, 1.54) is 0 Å². The van der Waals surface area contributed by atoms with Gasteiger partial charge in [0.1, 0.15) is 0 Å². The van der Waals surface area contributed by atoms with Gasteiger partial charge in [0.25, 0.3) is 0 Å². The Hall–Kier alpha value is -0.780. The van der Waals surface area contributed by atoms with E-state index in [2.05, 4.69) is 5.10 Å². The molecule has 0 bridgehead atoms. The lowest BCUT2D eigenvalue weighted by Crippen LogP contribution is -2.31. The second kappa shape index (κ2) is 10.2. The molecule has 1 aromatic heterocycles. The van der Waals surface area contributed by atoms with Gasteiger partial charge in [0, 0.05) is 38.4 Å². The first kappa shape index (κ1) is 19.6. The van der Waals surface area contributed by atoms with Crippen molar-refractivity contribution in [2.75, 3.05) is 13.6 Å². The molecule has 18 heavy (non-hydrogen) atoms. The van der Waals surface area contributed by atoms with Crippen molar-refractivity contribution in [3.05, 3.63) is 18.5 Å². The van der Waals surface area contributed by atoms with Gasteiger partial charge in [-0.1, -0.05) is 0 Å². The number of nitrogens with zero attached hydrogens (tertiary/aromatic N) is 3. The highest BCUT2D eigenvalue weighted by Gasteiger charge is 2.09. The number of hydrogen-bond donors (Lipinski definition) is 1. The normalized spacial score (nSPS) is 11.1. The van der Waals surface area contributed by atoms with Crippen LogP contribution in [0.25, 0.3) is 0 Å². The Morgan fingerprint density at radius 3 is 2.67 bits per heavy atom. The van der Waals surface area contributed by atoms with Crippen molar-refractivity contribution >= 4 is 30.7 Å². The van der Waals surface area contributed by atoms with Crippen LogP contribution in [-0.4, -0.2) is 40.2 Å². The third-order valence-corrected chi connectivity index (χ3v) is 2.46. The van der Waals surface area contributed by atoms with E-state index in [4.69, 9.17) is 5.73 Å². The van der Waals surface area contributed by atoms with Crippen LogP contribution in [0, 0.1) is 0 Å². The molecule has 1 amide bonds. The molecule has 1 aromatic rings. The maximum absolute atomic E-state index is 11.6. The summed E-state index contributed by atoms with van der Waals surface area (Å²) in [5.74, 6) is 0.143. The molecule has 1 unspecified atom stereocenters. The number of amides is 1. The number of rotatable bonds is 6. The summed E-state index contributed by atoms with van der Waals surface area (Å²) in [6, 6.07) is 1.96. The number of hydrogen-bond acceptors (Lipinski definition) is 3. The Balaban J connectivity index is 0. The van der Waals surface area contributed by atoms with E-state index >= 15 is 0 Å². The topological polar surface area (TPSA) is 64.2 Å². The van der Waals surface area contributed by atoms with Gasteiger partial charge >= 0.3 is 0 Å². The van der Waals surface area contributed by atoms with Gasteiger partial charge in [0.2, 0.25) is 5.91 Å². The molecule has 5 nitrogen and oxygen atoms in total. The fourth-order valence-electron chi connectivity index (χ4n) is 1.35. The maximum Gasteiger partial charge on any atom is 0.222 e. The summed E-state index contributed by atoms with van der Waals surface area (Å²) in [6.45, 7) is 3.32. The van der Waals surface area contributed by atoms with Gasteiger partial charge in [-0.2, -0.15) is 5.10 Å². The zero-order valence-corrected chi connectivity index (χ0v) is 12.4. The summed E-state index contributed by atoms with van der Waals surface area (Å²) >= 11 is 0. The van der Waals surface area contributed by atoms with Gasteiger partial charge in [-0.3, -0.25) is 9.48 Å². The lowest BCUT2D eigenvalue weighted by atomic mass is 10.2. The summed E-state index contributed by atoms with van der Waals surface area (Å²) in [5, 5.41) is 4.08. The number of carbonyl (C=O) groups excluding carboxylic acids is 1. The molecule has 1 rings (SSSR count). The largest absolute Gasteiger partial charge is 0.344 e. The van der Waals surface area contributed by atoms with Crippen molar-refractivity contribution in [1.82, 2.24) is 14.7 Å². The highest BCUT2D eigenvalue weighted by atomic mass is 35.5. The minimum absolute atomic E-state index is 0. The lowest BCUT2D eigenvalue weighted by Gasteiger charge is -2.17. The van der Waals surface area contributed by atoms with Crippen LogP contribution in [0.4, 0.5) is 0 Å². The SMILES string of the molecule is CC(N)CCC(=O)N(C)CCn1cccn1.Cl.Cl. The van der Waals surface area contributed by atoms with Crippen LogP contribution in [0.2, 0.25) is 0 Å². The van der Waals surface area contributed by atoms with Crippen molar-refractivity contribution in [3.8, 4) is 0 Å². The van der Waals surface area contributed by atoms with Crippen LogP contribution in [0.5, 0.6) is 0 Å². The van der Waals surface area contributed by atoms with Gasteiger partial charge in [0.15, 0.2) is 0 Å². The highest BCUT2D eigenvalue weighted by molar-refractivity contribution is 5.85. The molecule has 0 fully saturated rings. The van der Waals surface area contributed by atoms with Crippen LogP contribution in [-0.2, 0) is 11.3 Å². The van der Waals surface area contributed by atoms with E-state index in [-0.39, 0.29) is 36.8 Å². The maximum atomic E-state index is 11.6. The van der Waals surface area contributed by atoms with Gasteiger partial charge in [-0.05, 0) is 19.4 Å². The Morgan fingerprint density at radius 2 is 2.17 bits per heavy atom. The molecular formula is C11H22Cl2N4O. The van der Waals surface area contributed by atoms with Crippen molar-refractivity contribution in [1.29, 1.82) is 0 Å². The molecular weight excluding hydrogens is 275 g/mol. The van der Waals surface area contributed by atoms with Crippen molar-refractivity contribution in [2.24, 2.45) is 5.73 Å². The lowest BCUT2D eigenvalue weighted by molar-refractivity contribution is -0.130. The molecule has 0 spiro atoms. The Kier molecular flexibility index (Phi) is 11.1. The minimum Gasteiger partial charge on any atom is -0.344 e. The average Bonchev–Trinajstić information content (AvgIpc) is 2.75. The molecule has 1 heterocycles. The number of halogens is 2. The molecule has 0 radical (unpaired) electrons. The van der Waals surface area contributed by atoms with E-state index in [0.717, 1.165) is 13.0 Å². The molecule has 7 heteroatoms. The van der Waals surface area contributed by atoms with E-state index in [1.54, 1.807) is 11.1 Å². The zero-order valence-electron chi connectivity index (χ0n) is 10.8. The first-order chi connectivity index (χ1) is 7.59. The third kappa shape index (κ3) is 7.53. The predicted octanol–water partition coefficient (Wildman–Crippen LogP) is 1.31. The van der Waals surface area contributed by atoms with Crippen molar-refractivity contribution in [2.45, 2.75) is 32.4 Å². The Labute approximate surface area is 121 Å². The monoisotopic (exact) mass is 296 g/mol. The summed E-state index contributed by atoms with van der Waals surface area (Å²) < 4.78 is 1.81. The predicted molar refractivity (Wildman–Crippen MR) is 77.2 cm³/mol. The summed E-state index contributed by atoms with van der Waals surface area (Å²) in [7, 11) is 1.81. The molecule has 1 atom stereocenters. The third-order valence-electron chi connectivity index (χ3n) is 2.46. The number of aromatic nitrogens is 2. The highest BCUT2D eigenvalue weighted by Crippen LogP contribution is 1.98. The van der Waals surface area contributed by atoms with Gasteiger partial charge < -0.3 is 10.6 Å². The van der Waals surface area contributed by atoms with Crippen molar-refractivity contribution < 1.29 is 4.79 Å². The fraction of sp³-hybridized carbons (Fsp3) is 0.636. The fourth-order valence-corrected chi connectivity index (χ4v) is 1.35. The average molecular weight is 297 g/mol. The second-order valence-electron chi connectivity index (χ2n) is 4.10. The molecule has 2 N–H and O–H groups in total. The first-order valence-corrected chi connectivity index (χ1v) is 5.56.